The van der Waals surface area contributed by atoms with Crippen LogP contribution in [0.25, 0.3) is 0 Å². The molecule has 1 aliphatic rings. The smallest absolute Gasteiger partial charge is 0.407 e. The van der Waals surface area contributed by atoms with Gasteiger partial charge in [0.15, 0.2) is 5.96 Å². The SMILES string of the molecule is CCCCC(CNC(=O)OC(C)(C)C)NC(=NC)NCCN1CCN(CC)CC1. The molecule has 3 N–H and O–H groups in total. The van der Waals surface area contributed by atoms with Gasteiger partial charge in [-0.05, 0) is 33.7 Å². The number of rotatable bonds is 10. The molecule has 0 radical (unpaired) electrons. The van der Waals surface area contributed by atoms with Gasteiger partial charge in [-0.25, -0.2) is 4.79 Å². The molecular formula is C21H44N6O2. The van der Waals surface area contributed by atoms with Crippen LogP contribution in [0.2, 0.25) is 0 Å². The number of alkyl carbamates (subject to hydrolysis) is 1. The molecule has 0 saturated carbocycles. The summed E-state index contributed by atoms with van der Waals surface area (Å²) < 4.78 is 5.34. The zero-order chi connectivity index (χ0) is 21.7. The molecule has 0 aromatic carbocycles. The van der Waals surface area contributed by atoms with Gasteiger partial charge in [0.1, 0.15) is 5.60 Å². The maximum absolute atomic E-state index is 12.0. The Morgan fingerprint density at radius 1 is 1.10 bits per heavy atom. The average Bonchev–Trinajstić information content (AvgIpc) is 2.68. The van der Waals surface area contributed by atoms with Crippen molar-refractivity contribution in [3.63, 3.8) is 0 Å². The van der Waals surface area contributed by atoms with Crippen molar-refractivity contribution in [1.29, 1.82) is 0 Å². The van der Waals surface area contributed by atoms with Gasteiger partial charge in [-0.2, -0.15) is 0 Å². The number of unbranched alkanes of at least 4 members (excludes halogenated alkanes) is 1. The first-order chi connectivity index (χ1) is 13.8. The molecule has 170 valence electrons. The van der Waals surface area contributed by atoms with Gasteiger partial charge in [0.2, 0.25) is 0 Å². The number of hydrogen-bond acceptors (Lipinski definition) is 5. The summed E-state index contributed by atoms with van der Waals surface area (Å²) in [7, 11) is 1.79. The van der Waals surface area contributed by atoms with Gasteiger partial charge in [0.05, 0.1) is 0 Å². The Kier molecular flexibility index (Phi) is 12.0. The van der Waals surface area contributed by atoms with E-state index in [9.17, 15) is 4.79 Å². The second-order valence-electron chi connectivity index (χ2n) is 8.64. The lowest BCUT2D eigenvalue weighted by molar-refractivity contribution is 0.0522. The molecule has 1 amide bonds. The number of guanidine groups is 1. The van der Waals surface area contributed by atoms with E-state index in [2.05, 4.69) is 44.6 Å². The fourth-order valence-electron chi connectivity index (χ4n) is 3.25. The van der Waals surface area contributed by atoms with E-state index in [1.807, 2.05) is 20.8 Å². The number of piperazine rings is 1. The first kappa shape index (κ1) is 25.5. The molecule has 1 atom stereocenters. The number of ether oxygens (including phenoxy) is 1. The lowest BCUT2D eigenvalue weighted by Gasteiger charge is -2.34. The van der Waals surface area contributed by atoms with Gasteiger partial charge in [0.25, 0.3) is 0 Å². The summed E-state index contributed by atoms with van der Waals surface area (Å²) in [6.07, 6.45) is 2.79. The Morgan fingerprint density at radius 3 is 2.31 bits per heavy atom. The molecule has 1 heterocycles. The highest BCUT2D eigenvalue weighted by atomic mass is 16.6. The predicted molar refractivity (Wildman–Crippen MR) is 121 cm³/mol. The molecule has 0 aromatic heterocycles. The number of aliphatic imine (C=N–C) groups is 1. The van der Waals surface area contributed by atoms with Gasteiger partial charge in [-0.1, -0.05) is 26.7 Å². The minimum Gasteiger partial charge on any atom is -0.444 e. The molecule has 1 rings (SSSR count). The molecule has 8 nitrogen and oxygen atoms in total. The van der Waals surface area contributed by atoms with Crippen LogP contribution >= 0.6 is 0 Å². The normalized spacial score (nSPS) is 17.7. The van der Waals surface area contributed by atoms with E-state index in [-0.39, 0.29) is 12.1 Å². The van der Waals surface area contributed by atoms with E-state index in [4.69, 9.17) is 4.74 Å². The van der Waals surface area contributed by atoms with Crippen molar-refractivity contribution in [3.05, 3.63) is 0 Å². The second-order valence-corrected chi connectivity index (χ2v) is 8.64. The first-order valence-corrected chi connectivity index (χ1v) is 11.2. The number of carbonyl (C=O) groups excluding carboxylic acids is 1. The number of amides is 1. The Balaban J connectivity index is 2.39. The highest BCUT2D eigenvalue weighted by Crippen LogP contribution is 2.07. The molecule has 8 heteroatoms. The van der Waals surface area contributed by atoms with Gasteiger partial charge < -0.3 is 25.6 Å². The standard InChI is InChI=1S/C21H44N6O2/c1-7-9-10-18(17-24-20(28)29-21(3,4)5)25-19(22-6)23-11-12-27-15-13-26(8-2)14-16-27/h18H,7-17H2,1-6H3,(H,24,28)(H2,22,23,25). The van der Waals surface area contributed by atoms with Crippen molar-refractivity contribution in [2.24, 2.45) is 4.99 Å². The largest absolute Gasteiger partial charge is 0.444 e. The topological polar surface area (TPSA) is 81.2 Å². The van der Waals surface area contributed by atoms with Gasteiger partial charge in [-0.15, -0.1) is 0 Å². The van der Waals surface area contributed by atoms with E-state index < -0.39 is 5.60 Å². The molecule has 1 unspecified atom stereocenters. The fourth-order valence-corrected chi connectivity index (χ4v) is 3.25. The Hall–Kier alpha value is -1.54. The second kappa shape index (κ2) is 13.6. The van der Waals surface area contributed by atoms with Crippen LogP contribution in [0.1, 0.15) is 53.9 Å². The first-order valence-electron chi connectivity index (χ1n) is 11.2. The molecule has 0 bridgehead atoms. The monoisotopic (exact) mass is 412 g/mol. The average molecular weight is 413 g/mol. The Bertz CT molecular complexity index is 484. The third-order valence-electron chi connectivity index (χ3n) is 4.99. The van der Waals surface area contributed by atoms with Crippen LogP contribution in [0.3, 0.4) is 0 Å². The molecule has 1 saturated heterocycles. The quantitative estimate of drug-likeness (QED) is 0.375. The van der Waals surface area contributed by atoms with Crippen molar-refractivity contribution < 1.29 is 9.53 Å². The highest BCUT2D eigenvalue weighted by Gasteiger charge is 2.18. The van der Waals surface area contributed by atoms with E-state index in [1.54, 1.807) is 7.05 Å². The molecule has 29 heavy (non-hydrogen) atoms. The van der Waals surface area contributed by atoms with Crippen molar-refractivity contribution in [1.82, 2.24) is 25.8 Å². The van der Waals surface area contributed by atoms with E-state index in [1.165, 1.54) is 0 Å². The predicted octanol–water partition coefficient (Wildman–Crippen LogP) is 1.87. The molecular weight excluding hydrogens is 368 g/mol. The van der Waals surface area contributed by atoms with Crippen LogP contribution in [0, 0.1) is 0 Å². The Morgan fingerprint density at radius 2 is 1.76 bits per heavy atom. The zero-order valence-corrected chi connectivity index (χ0v) is 19.5. The van der Waals surface area contributed by atoms with Gasteiger partial charge >= 0.3 is 6.09 Å². The van der Waals surface area contributed by atoms with Crippen molar-refractivity contribution in [2.75, 3.05) is 59.4 Å². The number of likely N-dealkylation sites (N-methyl/N-ethyl adjacent to an activating group) is 1. The molecule has 1 fully saturated rings. The lowest BCUT2D eigenvalue weighted by Crippen LogP contribution is -2.51. The minimum absolute atomic E-state index is 0.113. The van der Waals surface area contributed by atoms with Crippen LogP contribution in [0.15, 0.2) is 4.99 Å². The van der Waals surface area contributed by atoms with E-state index >= 15 is 0 Å². The summed E-state index contributed by atoms with van der Waals surface area (Å²) in [5.41, 5.74) is -0.489. The van der Waals surface area contributed by atoms with Crippen LogP contribution in [-0.4, -0.2) is 92.9 Å². The van der Waals surface area contributed by atoms with Crippen LogP contribution in [-0.2, 0) is 4.74 Å². The van der Waals surface area contributed by atoms with E-state index in [0.29, 0.717) is 6.54 Å². The Labute approximate surface area is 177 Å². The van der Waals surface area contributed by atoms with Crippen molar-refractivity contribution in [3.8, 4) is 0 Å². The fraction of sp³-hybridized carbons (Fsp3) is 0.905. The summed E-state index contributed by atoms with van der Waals surface area (Å²) >= 11 is 0. The number of nitrogens with zero attached hydrogens (tertiary/aromatic N) is 3. The molecule has 0 aromatic rings. The van der Waals surface area contributed by atoms with Crippen LogP contribution < -0.4 is 16.0 Å². The zero-order valence-electron chi connectivity index (χ0n) is 19.5. The van der Waals surface area contributed by atoms with Crippen LogP contribution in [0.4, 0.5) is 4.79 Å². The molecule has 0 aliphatic carbocycles. The maximum atomic E-state index is 12.0. The lowest BCUT2D eigenvalue weighted by atomic mass is 10.1. The van der Waals surface area contributed by atoms with Gasteiger partial charge in [-0.3, -0.25) is 9.89 Å². The molecule has 0 spiro atoms. The van der Waals surface area contributed by atoms with Gasteiger partial charge in [0, 0.05) is 58.9 Å². The number of carbonyl (C=O) groups is 1. The number of hydrogen-bond donors (Lipinski definition) is 3. The van der Waals surface area contributed by atoms with Crippen molar-refractivity contribution >= 4 is 12.1 Å². The summed E-state index contributed by atoms with van der Waals surface area (Å²) in [5.74, 6) is 0.782. The van der Waals surface area contributed by atoms with Crippen LogP contribution in [0.5, 0.6) is 0 Å². The molecule has 1 aliphatic heterocycles. The third-order valence-corrected chi connectivity index (χ3v) is 4.99. The number of nitrogens with one attached hydrogen (secondary N) is 3. The summed E-state index contributed by atoms with van der Waals surface area (Å²) in [4.78, 5) is 21.3. The highest BCUT2D eigenvalue weighted by molar-refractivity contribution is 5.80. The summed E-state index contributed by atoms with van der Waals surface area (Å²) in [6.45, 7) is 18.1. The summed E-state index contributed by atoms with van der Waals surface area (Å²) in [5, 5.41) is 9.74. The van der Waals surface area contributed by atoms with Crippen molar-refractivity contribution in [2.45, 2.75) is 65.5 Å². The third kappa shape index (κ3) is 11.9. The maximum Gasteiger partial charge on any atom is 0.407 e. The minimum atomic E-state index is -0.489. The van der Waals surface area contributed by atoms with E-state index in [0.717, 1.165) is 71.0 Å². The summed E-state index contributed by atoms with van der Waals surface area (Å²) in [6, 6.07) is 0.113.